The number of rotatable bonds is 11. The van der Waals surface area contributed by atoms with Crippen LogP contribution in [0.5, 0.6) is 0 Å². The molecule has 9 aromatic heterocycles. The Bertz CT molecular complexity index is 5490. The molecule has 0 atom stereocenters. The van der Waals surface area contributed by atoms with Crippen molar-refractivity contribution in [1.29, 1.82) is 0 Å². The molecule has 0 radical (unpaired) electrons. The van der Waals surface area contributed by atoms with Gasteiger partial charge in [0.2, 0.25) is 0 Å². The minimum absolute atomic E-state index is 0.697. The van der Waals surface area contributed by atoms with Crippen molar-refractivity contribution in [3.63, 3.8) is 0 Å². The lowest BCUT2D eigenvalue weighted by Gasteiger charge is -2.11. The Morgan fingerprint density at radius 1 is 0.170 bits per heavy atom. The van der Waals surface area contributed by atoms with Gasteiger partial charge in [-0.3, -0.25) is 19.9 Å². The summed E-state index contributed by atoms with van der Waals surface area (Å²) in [7, 11) is 0. The molecule has 8 aromatic carbocycles. The first kappa shape index (κ1) is 56.3. The first-order chi connectivity index (χ1) is 46.5. The molecule has 94 heavy (non-hydrogen) atoms. The number of benzene rings is 8. The quantitative estimate of drug-likeness (QED) is 0.123. The van der Waals surface area contributed by atoms with E-state index in [9.17, 15) is 0 Å². The average molecular weight is 1200 g/mol. The van der Waals surface area contributed by atoms with Gasteiger partial charge >= 0.3 is 0 Å². The van der Waals surface area contributed by atoms with Gasteiger partial charge < -0.3 is 0 Å². The lowest BCUT2D eigenvalue weighted by atomic mass is 9.95. The fraction of sp³-hybridized carbons (Fsp3) is 0. The van der Waals surface area contributed by atoms with Crippen LogP contribution in [0, 0.1) is 0 Å². The molecular weight excluding hydrogens is 1150 g/mol. The van der Waals surface area contributed by atoms with Crippen LogP contribution in [0.15, 0.2) is 328 Å². The zero-order valence-electron chi connectivity index (χ0n) is 50.6. The van der Waals surface area contributed by atoms with Crippen molar-refractivity contribution in [1.82, 2.24) is 49.8 Å². The van der Waals surface area contributed by atoms with Gasteiger partial charge in [-0.05, 0) is 161 Å². The molecule has 10 heteroatoms. The largest absolute Gasteiger partial charge is 0.264 e. The van der Waals surface area contributed by atoms with Crippen molar-refractivity contribution in [3.8, 4) is 124 Å². The lowest BCUT2D eigenvalue weighted by Crippen LogP contribution is -1.96. The van der Waals surface area contributed by atoms with Gasteiger partial charge in [0.15, 0.2) is 5.82 Å². The first-order valence-corrected chi connectivity index (χ1v) is 31.0. The van der Waals surface area contributed by atoms with Crippen molar-refractivity contribution in [2.75, 3.05) is 0 Å². The van der Waals surface area contributed by atoms with Gasteiger partial charge in [-0.1, -0.05) is 164 Å². The second-order valence-corrected chi connectivity index (χ2v) is 22.9. The summed E-state index contributed by atoms with van der Waals surface area (Å²) in [6, 6.07) is 99.7. The Kier molecular flexibility index (Phi) is 15.1. The molecule has 0 fully saturated rings. The maximum absolute atomic E-state index is 5.09. The zero-order valence-corrected chi connectivity index (χ0v) is 50.6. The smallest absolute Gasteiger partial charge is 0.160 e. The molecule has 0 aliphatic carbocycles. The monoisotopic (exact) mass is 1200 g/mol. The molecular formula is C84H54N10. The van der Waals surface area contributed by atoms with Crippen LogP contribution in [-0.4, -0.2) is 49.8 Å². The van der Waals surface area contributed by atoms with Crippen LogP contribution in [-0.2, 0) is 0 Å². The molecule has 0 spiro atoms. The summed E-state index contributed by atoms with van der Waals surface area (Å²) in [6.07, 6.45) is 11.0. The lowest BCUT2D eigenvalue weighted by molar-refractivity contribution is 1.18. The maximum atomic E-state index is 5.09. The van der Waals surface area contributed by atoms with E-state index in [0.717, 1.165) is 161 Å². The Morgan fingerprint density at radius 3 is 1.10 bits per heavy atom. The molecule has 10 nitrogen and oxygen atoms in total. The number of hydrogen-bond acceptors (Lipinski definition) is 10. The third-order valence-corrected chi connectivity index (χ3v) is 16.8. The summed E-state index contributed by atoms with van der Waals surface area (Å²) in [4.78, 5) is 47.6. The summed E-state index contributed by atoms with van der Waals surface area (Å²) >= 11 is 0. The zero-order chi connectivity index (χ0) is 62.6. The fourth-order valence-corrected chi connectivity index (χ4v) is 11.9. The minimum Gasteiger partial charge on any atom is -0.264 e. The molecule has 0 aliphatic rings. The second-order valence-electron chi connectivity index (χ2n) is 22.9. The van der Waals surface area contributed by atoms with Gasteiger partial charge in [0.25, 0.3) is 0 Å². The molecule has 0 N–H and O–H groups in total. The number of nitrogens with zero attached hydrogens (tertiary/aromatic N) is 10. The minimum atomic E-state index is 0.697. The number of hydrogen-bond donors (Lipinski definition) is 0. The van der Waals surface area contributed by atoms with Crippen LogP contribution in [0.2, 0.25) is 0 Å². The van der Waals surface area contributed by atoms with Gasteiger partial charge in [0, 0.05) is 97.7 Å². The Morgan fingerprint density at radius 2 is 0.574 bits per heavy atom. The van der Waals surface area contributed by atoms with Crippen molar-refractivity contribution in [3.05, 3.63) is 328 Å². The summed E-state index contributed by atoms with van der Waals surface area (Å²) in [6.45, 7) is 0. The van der Waals surface area contributed by atoms with Gasteiger partial charge in [0.1, 0.15) is 0 Å². The van der Waals surface area contributed by atoms with E-state index in [1.165, 1.54) is 0 Å². The maximum Gasteiger partial charge on any atom is 0.160 e. The summed E-state index contributed by atoms with van der Waals surface area (Å²) in [5.74, 6) is 0.697. The molecule has 0 unspecified atom stereocenters. The van der Waals surface area contributed by atoms with E-state index in [1.807, 2.05) is 122 Å². The summed E-state index contributed by atoms with van der Waals surface area (Å²) < 4.78 is 0. The van der Waals surface area contributed by atoms with E-state index in [-0.39, 0.29) is 0 Å². The molecule has 17 rings (SSSR count). The summed E-state index contributed by atoms with van der Waals surface area (Å²) in [5.41, 5.74) is 24.6. The predicted octanol–water partition coefficient (Wildman–Crippen LogP) is 20.3. The van der Waals surface area contributed by atoms with Crippen molar-refractivity contribution < 1.29 is 0 Å². The molecule has 0 saturated heterocycles. The Balaban J connectivity index is 0.000000150. The topological polar surface area (TPSA) is 129 Å². The number of fused-ring (bicyclic) bond motifs is 4. The van der Waals surface area contributed by atoms with Crippen LogP contribution in [0.1, 0.15) is 0 Å². The van der Waals surface area contributed by atoms with Gasteiger partial charge in [0.05, 0.1) is 67.6 Å². The Hall–Kier alpha value is -12.9. The third kappa shape index (κ3) is 11.9. The highest BCUT2D eigenvalue weighted by Gasteiger charge is 2.15. The molecule has 0 aliphatic heterocycles. The fourth-order valence-electron chi connectivity index (χ4n) is 11.9. The highest BCUT2D eigenvalue weighted by molar-refractivity contribution is 5.93. The van der Waals surface area contributed by atoms with Gasteiger partial charge in [-0.25, -0.2) is 29.9 Å². The van der Waals surface area contributed by atoms with Crippen molar-refractivity contribution in [2.45, 2.75) is 0 Å². The molecule has 9 heterocycles. The van der Waals surface area contributed by atoms with Gasteiger partial charge in [-0.2, -0.15) is 0 Å². The highest BCUT2D eigenvalue weighted by Crippen LogP contribution is 2.36. The van der Waals surface area contributed by atoms with Crippen molar-refractivity contribution in [2.24, 2.45) is 0 Å². The second kappa shape index (κ2) is 25.2. The SMILES string of the molecule is c1ccc(-c2cc(-c3cccc(-c4ccc5cc(-c6ccc7ccc(-c8ccccn8)nc7c6)ccc5n4)c3)nc(-c3ccccc3)n2)cc1.c1ccc(-c2ccc3ccc(-c4ccc5nc(-c6cc(-c7cccnc7)cc(-c7cccnc7)c6)ccc5c4)cc3n2)nc1. The third-order valence-electron chi connectivity index (χ3n) is 16.8. The molecule has 0 bridgehead atoms. The van der Waals surface area contributed by atoms with Crippen LogP contribution >= 0.6 is 0 Å². The number of aromatic nitrogens is 10. The average Bonchev–Trinajstić information content (AvgIpc) is 0.993. The van der Waals surface area contributed by atoms with E-state index in [2.05, 4.69) is 202 Å². The van der Waals surface area contributed by atoms with Crippen LogP contribution in [0.25, 0.3) is 167 Å². The predicted molar refractivity (Wildman–Crippen MR) is 381 cm³/mol. The first-order valence-electron chi connectivity index (χ1n) is 31.0. The summed E-state index contributed by atoms with van der Waals surface area (Å²) in [5, 5.41) is 4.35. The molecule has 440 valence electrons. The van der Waals surface area contributed by atoms with Crippen LogP contribution < -0.4 is 0 Å². The number of pyridine rings is 8. The molecule has 0 amide bonds. The Labute approximate surface area is 542 Å². The van der Waals surface area contributed by atoms with E-state index in [1.54, 1.807) is 24.8 Å². The van der Waals surface area contributed by atoms with E-state index >= 15 is 0 Å². The highest BCUT2D eigenvalue weighted by atomic mass is 14.9. The van der Waals surface area contributed by atoms with Crippen LogP contribution in [0.3, 0.4) is 0 Å². The van der Waals surface area contributed by atoms with Crippen molar-refractivity contribution >= 4 is 43.6 Å². The van der Waals surface area contributed by atoms with Crippen LogP contribution in [0.4, 0.5) is 0 Å². The normalized spacial score (nSPS) is 11.2. The van der Waals surface area contributed by atoms with E-state index < -0.39 is 0 Å². The van der Waals surface area contributed by atoms with E-state index in [0.29, 0.717) is 5.82 Å². The molecule has 17 aromatic rings. The molecule has 0 saturated carbocycles. The standard InChI is InChI=1S/C45H29N5.C39H25N5/c1-3-10-30(11-4-1)43-29-44(50-45(49-43)32-12-5-2-6-13-32)36-15-9-14-35(27-36)38-23-21-37-26-33(20-22-39(37)47-38)34-18-17-31-19-24-41(48-42(31)28-34)40-16-7-8-25-46-40;1-2-18-42-37(7-1)38-15-10-26-8-9-28(23-39(26)44-38)27-11-13-35-29(19-27)12-14-36(43-35)34-21-32(30-5-3-16-40-24-30)20-33(22-34)31-6-4-17-41-25-31/h1-29H;1-25H. The van der Waals surface area contributed by atoms with Gasteiger partial charge in [-0.15, -0.1) is 0 Å². The van der Waals surface area contributed by atoms with E-state index in [4.69, 9.17) is 29.9 Å².